The Labute approximate surface area is 82.7 Å². The van der Waals surface area contributed by atoms with Gasteiger partial charge in [0.15, 0.2) is 0 Å². The van der Waals surface area contributed by atoms with Crippen LogP contribution in [0, 0.1) is 0 Å². The maximum absolute atomic E-state index is 10.9. The van der Waals surface area contributed by atoms with Crippen LogP contribution in [0.15, 0.2) is 0 Å². The molecule has 0 aliphatic carbocycles. The molecule has 0 aromatic heterocycles. The van der Waals surface area contributed by atoms with E-state index >= 15 is 0 Å². The first-order chi connectivity index (χ1) is 6.52. The first-order valence-electron chi connectivity index (χ1n) is 4.58. The second kappa shape index (κ2) is 7.32. The number of aliphatic hydroxyl groups excluding tert-OH is 1. The normalized spacial score (nSPS) is 12.1. The van der Waals surface area contributed by atoms with Gasteiger partial charge in [0.1, 0.15) is 6.61 Å². The molecule has 0 spiro atoms. The third-order valence-corrected chi connectivity index (χ3v) is 1.51. The van der Waals surface area contributed by atoms with Gasteiger partial charge in [-0.3, -0.25) is 9.59 Å². The maximum Gasteiger partial charge on any atom is 0.305 e. The lowest BCUT2D eigenvalue weighted by Crippen LogP contribution is -2.15. The summed E-state index contributed by atoms with van der Waals surface area (Å²) in [6, 6.07) is 0. The van der Waals surface area contributed by atoms with E-state index in [0.717, 1.165) is 0 Å². The Balaban J connectivity index is 3.31. The highest BCUT2D eigenvalue weighted by molar-refractivity contribution is 5.69. The van der Waals surface area contributed by atoms with Crippen molar-refractivity contribution in [1.29, 1.82) is 0 Å². The minimum Gasteiger partial charge on any atom is -0.481 e. The number of hydrogen-bond donors (Lipinski definition) is 2. The van der Waals surface area contributed by atoms with Gasteiger partial charge in [0.25, 0.3) is 0 Å². The molecule has 2 N–H and O–H groups in total. The van der Waals surface area contributed by atoms with Crippen molar-refractivity contribution in [2.24, 2.45) is 0 Å². The summed E-state index contributed by atoms with van der Waals surface area (Å²) in [5.41, 5.74) is 0. The van der Waals surface area contributed by atoms with Crippen LogP contribution in [0.3, 0.4) is 0 Å². The number of hydrogen-bond acceptors (Lipinski definition) is 4. The third-order valence-electron chi connectivity index (χ3n) is 1.51. The van der Waals surface area contributed by atoms with Gasteiger partial charge in [0.05, 0.1) is 6.10 Å². The van der Waals surface area contributed by atoms with Crippen molar-refractivity contribution in [3.05, 3.63) is 0 Å². The smallest absolute Gasteiger partial charge is 0.305 e. The highest BCUT2D eigenvalue weighted by Gasteiger charge is 2.05. The molecule has 0 heterocycles. The van der Waals surface area contributed by atoms with Gasteiger partial charge >= 0.3 is 11.9 Å². The van der Waals surface area contributed by atoms with Crippen LogP contribution in [-0.2, 0) is 14.3 Å². The molecular weight excluding hydrogens is 188 g/mol. The van der Waals surface area contributed by atoms with Crippen molar-refractivity contribution in [3.8, 4) is 0 Å². The van der Waals surface area contributed by atoms with Gasteiger partial charge in [-0.25, -0.2) is 0 Å². The summed E-state index contributed by atoms with van der Waals surface area (Å²) in [6.45, 7) is 1.52. The molecule has 0 bridgehead atoms. The standard InChI is InChI=1S/C9H16O5/c1-7(10)6-14-9(13)5-3-2-4-8(11)12/h7,10H,2-6H2,1H3,(H,11,12). The number of unbranched alkanes of at least 4 members (excludes halogenated alkanes) is 1. The van der Waals surface area contributed by atoms with E-state index in [0.29, 0.717) is 12.8 Å². The Morgan fingerprint density at radius 2 is 1.86 bits per heavy atom. The summed E-state index contributed by atoms with van der Waals surface area (Å²) in [7, 11) is 0. The van der Waals surface area contributed by atoms with Gasteiger partial charge in [-0.05, 0) is 19.8 Å². The van der Waals surface area contributed by atoms with Gasteiger partial charge in [-0.2, -0.15) is 0 Å². The molecule has 5 heteroatoms. The van der Waals surface area contributed by atoms with Crippen LogP contribution in [0.5, 0.6) is 0 Å². The zero-order valence-electron chi connectivity index (χ0n) is 8.23. The summed E-state index contributed by atoms with van der Waals surface area (Å²) in [5.74, 6) is -1.25. The topological polar surface area (TPSA) is 83.8 Å². The van der Waals surface area contributed by atoms with Gasteiger partial charge < -0.3 is 14.9 Å². The van der Waals surface area contributed by atoms with Crippen molar-refractivity contribution in [2.45, 2.75) is 38.7 Å². The van der Waals surface area contributed by atoms with E-state index in [-0.39, 0.29) is 19.4 Å². The molecule has 1 atom stereocenters. The van der Waals surface area contributed by atoms with Crippen LogP contribution >= 0.6 is 0 Å². The van der Waals surface area contributed by atoms with Crippen molar-refractivity contribution >= 4 is 11.9 Å². The molecule has 0 saturated carbocycles. The predicted molar refractivity (Wildman–Crippen MR) is 48.7 cm³/mol. The van der Waals surface area contributed by atoms with Gasteiger partial charge in [-0.1, -0.05) is 0 Å². The minimum absolute atomic E-state index is 0.00222. The first kappa shape index (κ1) is 12.9. The van der Waals surface area contributed by atoms with E-state index in [1.807, 2.05) is 0 Å². The molecule has 5 nitrogen and oxygen atoms in total. The van der Waals surface area contributed by atoms with Gasteiger partial charge in [0.2, 0.25) is 0 Å². The summed E-state index contributed by atoms with van der Waals surface area (Å²) in [5, 5.41) is 17.1. The number of rotatable bonds is 7. The molecule has 1 unspecified atom stereocenters. The number of carbonyl (C=O) groups excluding carboxylic acids is 1. The number of carboxylic acid groups (broad SMARTS) is 1. The Hall–Kier alpha value is -1.10. The number of aliphatic carboxylic acids is 1. The highest BCUT2D eigenvalue weighted by Crippen LogP contribution is 2.01. The van der Waals surface area contributed by atoms with Crippen LogP contribution in [0.4, 0.5) is 0 Å². The van der Waals surface area contributed by atoms with Crippen LogP contribution < -0.4 is 0 Å². The molecular formula is C9H16O5. The van der Waals surface area contributed by atoms with E-state index in [9.17, 15) is 9.59 Å². The van der Waals surface area contributed by atoms with E-state index in [1.165, 1.54) is 6.92 Å². The quantitative estimate of drug-likeness (QED) is 0.467. The lowest BCUT2D eigenvalue weighted by atomic mass is 10.2. The summed E-state index contributed by atoms with van der Waals surface area (Å²) in [6.07, 6.45) is 0.603. The molecule has 0 aliphatic rings. The van der Waals surface area contributed by atoms with Crippen LogP contribution in [0.25, 0.3) is 0 Å². The maximum atomic E-state index is 10.9. The monoisotopic (exact) mass is 204 g/mol. The van der Waals surface area contributed by atoms with Gasteiger partial charge in [-0.15, -0.1) is 0 Å². The van der Waals surface area contributed by atoms with Crippen molar-refractivity contribution in [3.63, 3.8) is 0 Å². The average Bonchev–Trinajstić information content (AvgIpc) is 2.08. The van der Waals surface area contributed by atoms with E-state index < -0.39 is 18.0 Å². The van der Waals surface area contributed by atoms with Crippen molar-refractivity contribution in [1.82, 2.24) is 0 Å². The SMILES string of the molecule is CC(O)COC(=O)CCCCC(=O)O. The van der Waals surface area contributed by atoms with Crippen LogP contribution in [-0.4, -0.2) is 34.9 Å². The molecule has 0 aromatic carbocycles. The summed E-state index contributed by atoms with van der Waals surface area (Å²) < 4.78 is 4.67. The Morgan fingerprint density at radius 1 is 1.29 bits per heavy atom. The fourth-order valence-electron chi connectivity index (χ4n) is 0.831. The fraction of sp³-hybridized carbons (Fsp3) is 0.778. The first-order valence-corrected chi connectivity index (χ1v) is 4.58. The Morgan fingerprint density at radius 3 is 2.36 bits per heavy atom. The van der Waals surface area contributed by atoms with Gasteiger partial charge in [0, 0.05) is 12.8 Å². The lowest BCUT2D eigenvalue weighted by molar-refractivity contribution is -0.146. The average molecular weight is 204 g/mol. The Kier molecular flexibility index (Phi) is 6.74. The third kappa shape index (κ3) is 8.99. The van der Waals surface area contributed by atoms with Crippen molar-refractivity contribution in [2.75, 3.05) is 6.61 Å². The van der Waals surface area contributed by atoms with Crippen LogP contribution in [0.1, 0.15) is 32.6 Å². The molecule has 0 aromatic rings. The van der Waals surface area contributed by atoms with E-state index in [1.54, 1.807) is 0 Å². The summed E-state index contributed by atoms with van der Waals surface area (Å²) in [4.78, 5) is 21.0. The number of carboxylic acids is 1. The number of aliphatic hydroxyl groups is 1. The molecule has 0 fully saturated rings. The fourth-order valence-corrected chi connectivity index (χ4v) is 0.831. The molecule has 0 aliphatic heterocycles. The van der Waals surface area contributed by atoms with E-state index in [4.69, 9.17) is 10.2 Å². The molecule has 82 valence electrons. The Bertz CT molecular complexity index is 188. The van der Waals surface area contributed by atoms with Crippen molar-refractivity contribution < 1.29 is 24.5 Å². The zero-order chi connectivity index (χ0) is 11.0. The second-order valence-corrected chi connectivity index (χ2v) is 3.13. The minimum atomic E-state index is -0.859. The van der Waals surface area contributed by atoms with Crippen LogP contribution in [0.2, 0.25) is 0 Å². The second-order valence-electron chi connectivity index (χ2n) is 3.13. The largest absolute Gasteiger partial charge is 0.481 e. The predicted octanol–water partition coefficient (Wildman–Crippen LogP) is 0.555. The number of ether oxygens (including phenoxy) is 1. The highest BCUT2D eigenvalue weighted by atomic mass is 16.5. The number of esters is 1. The summed E-state index contributed by atoms with van der Waals surface area (Å²) >= 11 is 0. The molecule has 0 rings (SSSR count). The molecule has 0 saturated heterocycles. The lowest BCUT2D eigenvalue weighted by Gasteiger charge is -2.05. The molecule has 14 heavy (non-hydrogen) atoms. The molecule has 0 amide bonds. The van der Waals surface area contributed by atoms with E-state index in [2.05, 4.69) is 4.74 Å². The number of carbonyl (C=O) groups is 2. The molecule has 0 radical (unpaired) electrons. The zero-order valence-corrected chi connectivity index (χ0v) is 8.23.